The van der Waals surface area contributed by atoms with Gasteiger partial charge in [-0.3, -0.25) is 14.4 Å². The summed E-state index contributed by atoms with van der Waals surface area (Å²) < 4.78 is 35.2. The van der Waals surface area contributed by atoms with E-state index in [1.807, 2.05) is 25.1 Å². The summed E-state index contributed by atoms with van der Waals surface area (Å²) in [7, 11) is -2.26. The molecule has 1 aliphatic heterocycles. The van der Waals surface area contributed by atoms with Gasteiger partial charge in [-0.1, -0.05) is 12.1 Å². The number of fused-ring (bicyclic) bond motifs is 1. The van der Waals surface area contributed by atoms with E-state index >= 15 is 0 Å². The number of β-amino-alcohol motifs (C(OH)–C–C–N with tert-alkyl or cyclic N) is 1. The number of para-hydroxylation sites is 1. The third kappa shape index (κ3) is 7.23. The maximum atomic E-state index is 13.6. The minimum absolute atomic E-state index is 0.0523. The molecule has 2 heterocycles. The third-order valence-corrected chi connectivity index (χ3v) is 10.6. The second-order valence-electron chi connectivity index (χ2n) is 10.9. The molecule has 0 unspecified atom stereocenters. The number of ketones is 1. The molecule has 1 aromatic heterocycles. The molecule has 0 spiro atoms. The fourth-order valence-corrected chi connectivity index (χ4v) is 8.03. The zero-order valence-corrected chi connectivity index (χ0v) is 26.6. The summed E-state index contributed by atoms with van der Waals surface area (Å²) in [6.45, 7) is 6.80. The van der Waals surface area contributed by atoms with Crippen LogP contribution in [0, 0.1) is 20.8 Å². The first kappa shape index (κ1) is 32.5. The normalized spacial score (nSPS) is 17.7. The molecule has 0 aliphatic carbocycles. The van der Waals surface area contributed by atoms with Gasteiger partial charge in [0, 0.05) is 26.4 Å². The molecule has 1 fully saturated rings. The summed E-state index contributed by atoms with van der Waals surface area (Å²) in [6, 6.07) is 7.23. The van der Waals surface area contributed by atoms with Gasteiger partial charge in [0.15, 0.2) is 5.01 Å². The summed E-state index contributed by atoms with van der Waals surface area (Å²) >= 11 is 1.23. The molecular weight excluding hydrogens is 592 g/mol. The van der Waals surface area contributed by atoms with E-state index in [-0.39, 0.29) is 47.5 Å². The summed E-state index contributed by atoms with van der Waals surface area (Å²) in [5, 5.41) is 13.1. The van der Waals surface area contributed by atoms with Crippen LogP contribution in [0.1, 0.15) is 59.1 Å². The number of unbranched alkanes of at least 4 members (excludes halogenated alkanes) is 1. The Labute approximate surface area is 255 Å². The second kappa shape index (κ2) is 13.5. The predicted octanol–water partition coefficient (Wildman–Crippen LogP) is 3.03. The van der Waals surface area contributed by atoms with Crippen molar-refractivity contribution in [1.29, 1.82) is 0 Å². The number of aromatic nitrogens is 1. The van der Waals surface area contributed by atoms with E-state index in [1.54, 1.807) is 33.1 Å². The number of carbonyl (C=O) groups is 3. The number of benzene rings is 2. The van der Waals surface area contributed by atoms with Gasteiger partial charge < -0.3 is 20.1 Å². The van der Waals surface area contributed by atoms with E-state index in [2.05, 4.69) is 15.0 Å². The smallest absolute Gasteiger partial charge is 0.243 e. The van der Waals surface area contributed by atoms with Crippen molar-refractivity contribution in [3.63, 3.8) is 0 Å². The molecule has 0 saturated carbocycles. The Morgan fingerprint density at radius 1 is 1.16 bits per heavy atom. The van der Waals surface area contributed by atoms with Crippen LogP contribution >= 0.6 is 11.3 Å². The summed E-state index contributed by atoms with van der Waals surface area (Å²) in [5.74, 6) is -0.593. The van der Waals surface area contributed by atoms with E-state index < -0.39 is 34.1 Å². The van der Waals surface area contributed by atoms with Crippen LogP contribution in [-0.4, -0.2) is 79.4 Å². The van der Waals surface area contributed by atoms with Gasteiger partial charge in [0.1, 0.15) is 11.8 Å². The molecule has 3 aromatic rings. The minimum Gasteiger partial charge on any atom is -0.496 e. The Balaban J connectivity index is 1.45. The largest absolute Gasteiger partial charge is 0.496 e. The first-order chi connectivity index (χ1) is 20.3. The number of methoxy groups -OCH3 is 1. The molecule has 13 heteroatoms. The van der Waals surface area contributed by atoms with Crippen molar-refractivity contribution in [2.24, 2.45) is 0 Å². The molecule has 3 atom stereocenters. The van der Waals surface area contributed by atoms with Crippen LogP contribution in [0.2, 0.25) is 0 Å². The maximum Gasteiger partial charge on any atom is 0.243 e. The lowest BCUT2D eigenvalue weighted by Crippen LogP contribution is -2.50. The summed E-state index contributed by atoms with van der Waals surface area (Å²) in [5.41, 5.74) is 2.62. The number of amides is 2. The average Bonchev–Trinajstić information content (AvgIpc) is 3.57. The van der Waals surface area contributed by atoms with E-state index in [0.29, 0.717) is 35.2 Å². The van der Waals surface area contributed by atoms with Gasteiger partial charge in [0.05, 0.1) is 34.4 Å². The van der Waals surface area contributed by atoms with Crippen molar-refractivity contribution < 1.29 is 32.6 Å². The molecule has 3 N–H and O–H groups in total. The molecular formula is C30H38N4O7S2. The van der Waals surface area contributed by atoms with Crippen molar-refractivity contribution >= 4 is 49.2 Å². The fourth-order valence-electron chi connectivity index (χ4n) is 5.47. The van der Waals surface area contributed by atoms with Gasteiger partial charge in [-0.05, 0) is 74.9 Å². The van der Waals surface area contributed by atoms with E-state index in [1.165, 1.54) is 23.2 Å². The molecule has 11 nitrogen and oxygen atoms in total. The summed E-state index contributed by atoms with van der Waals surface area (Å²) in [6.07, 6.45) is 0.324. The Morgan fingerprint density at radius 2 is 1.88 bits per heavy atom. The highest BCUT2D eigenvalue weighted by Crippen LogP contribution is 2.30. The van der Waals surface area contributed by atoms with Gasteiger partial charge in [0.25, 0.3) is 0 Å². The quantitative estimate of drug-likeness (QED) is 0.204. The van der Waals surface area contributed by atoms with Crippen LogP contribution in [0.3, 0.4) is 0 Å². The number of hydrogen-bond acceptors (Lipinski definition) is 9. The Bertz CT molecular complexity index is 1600. The van der Waals surface area contributed by atoms with E-state index in [0.717, 1.165) is 10.3 Å². The number of ether oxygens (including phenoxy) is 1. The number of thiazole rings is 1. The monoisotopic (exact) mass is 630 g/mol. The van der Waals surface area contributed by atoms with Gasteiger partial charge in [0.2, 0.25) is 27.6 Å². The highest BCUT2D eigenvalue weighted by molar-refractivity contribution is 7.89. The number of rotatable bonds is 12. The van der Waals surface area contributed by atoms with Crippen molar-refractivity contribution in [3.05, 3.63) is 52.0 Å². The fraction of sp³-hybridized carbons (Fsp3) is 0.467. The molecule has 4 rings (SSSR count). The first-order valence-electron chi connectivity index (χ1n) is 14.1. The maximum absolute atomic E-state index is 13.6. The zero-order valence-electron chi connectivity index (χ0n) is 25.0. The predicted molar refractivity (Wildman–Crippen MR) is 164 cm³/mol. The Kier molecular flexibility index (Phi) is 10.2. The lowest BCUT2D eigenvalue weighted by atomic mass is 10.0. The van der Waals surface area contributed by atoms with Crippen LogP contribution < -0.4 is 14.8 Å². The number of nitrogens with zero attached hydrogens (tertiary/aromatic N) is 2. The highest BCUT2D eigenvalue weighted by Gasteiger charge is 2.39. The number of sulfonamides is 1. The van der Waals surface area contributed by atoms with Gasteiger partial charge in [-0.2, -0.15) is 0 Å². The number of Topliss-reactive ketones (excluding diaryl/α,β-unsaturated/α-hetero) is 1. The number of carbonyl (C=O) groups excluding carboxylic acids is 3. The number of aryl methyl sites for hydroxylation is 1. The average molecular weight is 631 g/mol. The van der Waals surface area contributed by atoms with Crippen molar-refractivity contribution in [3.8, 4) is 5.75 Å². The number of likely N-dealkylation sites (tertiary alicyclic amines) is 1. The molecule has 0 radical (unpaired) electrons. The molecule has 0 bridgehead atoms. The van der Waals surface area contributed by atoms with Gasteiger partial charge >= 0.3 is 0 Å². The standard InChI is InChI=1S/C30H38N4O7S2/c1-17-14-25(41-5)18(2)19(3)28(17)43(39,40)31-13-9-8-11-23(27(37)30-33-22-10-6-7-12-26(22)42-30)32-29(38)24-15-21(36)16-34(24)20(4)35/h6-7,10,12,14,21,23-24,31,36H,8-9,11,13,15-16H2,1-5H3,(H,32,38)/t21-,23+,24+/m1/s1. The van der Waals surface area contributed by atoms with Crippen LogP contribution in [0.5, 0.6) is 5.75 Å². The number of aliphatic hydroxyl groups excluding tert-OH is 1. The zero-order chi connectivity index (χ0) is 31.5. The third-order valence-electron chi connectivity index (χ3n) is 7.80. The molecule has 2 amide bonds. The first-order valence-corrected chi connectivity index (χ1v) is 16.4. The van der Waals surface area contributed by atoms with Crippen LogP contribution in [0.4, 0.5) is 0 Å². The Hall–Kier alpha value is -3.39. The molecule has 2 aromatic carbocycles. The summed E-state index contributed by atoms with van der Waals surface area (Å²) in [4.78, 5) is 44.9. The molecule has 1 aliphatic rings. The van der Waals surface area contributed by atoms with E-state index in [9.17, 15) is 27.9 Å². The van der Waals surface area contributed by atoms with Crippen LogP contribution in [0.15, 0.2) is 35.2 Å². The highest BCUT2D eigenvalue weighted by atomic mass is 32.2. The van der Waals surface area contributed by atoms with Crippen LogP contribution in [0.25, 0.3) is 10.2 Å². The van der Waals surface area contributed by atoms with Crippen LogP contribution in [-0.2, 0) is 19.6 Å². The van der Waals surface area contributed by atoms with Crippen molar-refractivity contribution in [2.75, 3.05) is 20.2 Å². The number of hydrogen-bond donors (Lipinski definition) is 3. The lowest BCUT2D eigenvalue weighted by molar-refractivity contribution is -0.137. The molecule has 232 valence electrons. The minimum atomic E-state index is -3.81. The van der Waals surface area contributed by atoms with E-state index in [4.69, 9.17) is 4.74 Å². The van der Waals surface area contributed by atoms with Crippen molar-refractivity contribution in [2.45, 2.75) is 76.5 Å². The molecule has 43 heavy (non-hydrogen) atoms. The second-order valence-corrected chi connectivity index (χ2v) is 13.6. The Morgan fingerprint density at radius 3 is 2.56 bits per heavy atom. The van der Waals surface area contributed by atoms with Crippen molar-refractivity contribution in [1.82, 2.24) is 19.9 Å². The van der Waals surface area contributed by atoms with Gasteiger partial charge in [-0.25, -0.2) is 18.1 Å². The number of aliphatic hydroxyl groups is 1. The lowest BCUT2D eigenvalue weighted by Gasteiger charge is -2.25. The van der Waals surface area contributed by atoms with Gasteiger partial charge in [-0.15, -0.1) is 11.3 Å². The SMILES string of the molecule is COc1cc(C)c(S(=O)(=O)NCCCC[C@H](NC(=O)[C@@H]2C[C@@H](O)CN2C(C)=O)C(=O)c2nc3ccccc3s2)c(C)c1C. The molecule has 1 saturated heterocycles. The number of nitrogens with one attached hydrogen (secondary N) is 2. The topological polar surface area (TPSA) is 155 Å².